The van der Waals surface area contributed by atoms with Crippen molar-refractivity contribution in [2.45, 2.75) is 63.5 Å². The molecule has 2 N–H and O–H groups in total. The zero-order chi connectivity index (χ0) is 21.1. The summed E-state index contributed by atoms with van der Waals surface area (Å²) in [6.45, 7) is 9.07. The largest absolute Gasteiger partial charge is 0.469 e. The second kappa shape index (κ2) is 14.4. The third-order valence-corrected chi connectivity index (χ3v) is 6.96. The Balaban J connectivity index is 0.00000289. The zero-order valence-corrected chi connectivity index (χ0v) is 21.8. The Labute approximate surface area is 210 Å². The predicted molar refractivity (Wildman–Crippen MR) is 140 cm³/mol. The molecule has 0 bridgehead atoms. The minimum atomic E-state index is 0. The van der Waals surface area contributed by atoms with Crippen LogP contribution in [-0.2, 0) is 11.2 Å². The average molecular weight is 560 g/mol. The van der Waals surface area contributed by atoms with Crippen molar-refractivity contribution in [3.8, 4) is 0 Å². The summed E-state index contributed by atoms with van der Waals surface area (Å²) in [7, 11) is 0. The van der Waals surface area contributed by atoms with Gasteiger partial charge in [-0.25, -0.2) is 0 Å². The maximum Gasteiger partial charge on any atom is 0.191 e. The van der Waals surface area contributed by atoms with Crippen molar-refractivity contribution >= 4 is 29.9 Å². The molecule has 0 spiro atoms. The summed E-state index contributed by atoms with van der Waals surface area (Å²) in [6.07, 6.45) is 11.8. The minimum absolute atomic E-state index is 0. The number of nitrogens with zero attached hydrogens (tertiary/aromatic N) is 3. The van der Waals surface area contributed by atoms with Crippen LogP contribution in [0.4, 0.5) is 0 Å². The molecule has 3 aliphatic rings. The normalized spacial score (nSPS) is 22.1. The van der Waals surface area contributed by atoms with Crippen LogP contribution in [0, 0.1) is 0 Å². The lowest BCUT2D eigenvalue weighted by molar-refractivity contribution is 0.0377. The third kappa shape index (κ3) is 8.50. The topological polar surface area (TPSA) is 65.3 Å². The summed E-state index contributed by atoms with van der Waals surface area (Å²) in [5.41, 5.74) is 0. The number of guanidine groups is 1. The van der Waals surface area contributed by atoms with Gasteiger partial charge in [0.05, 0.1) is 19.5 Å². The van der Waals surface area contributed by atoms with Crippen LogP contribution in [0.15, 0.2) is 27.8 Å². The Hall–Kier alpha value is -0.840. The average Bonchev–Trinajstić information content (AvgIpc) is 3.52. The first-order valence-electron chi connectivity index (χ1n) is 12.5. The Morgan fingerprint density at radius 1 is 1.06 bits per heavy atom. The quantitative estimate of drug-likeness (QED) is 0.210. The smallest absolute Gasteiger partial charge is 0.191 e. The van der Waals surface area contributed by atoms with Gasteiger partial charge in [-0.15, -0.1) is 24.0 Å². The molecule has 1 aliphatic carbocycles. The first-order valence-corrected chi connectivity index (χ1v) is 12.5. The molecule has 2 aliphatic heterocycles. The molecule has 0 amide bonds. The van der Waals surface area contributed by atoms with Gasteiger partial charge in [0.25, 0.3) is 0 Å². The number of nitrogens with one attached hydrogen (secondary N) is 2. The Bertz CT molecular complexity index is 637. The van der Waals surface area contributed by atoms with Crippen molar-refractivity contribution in [1.82, 2.24) is 20.4 Å². The molecule has 0 atom stereocenters. The van der Waals surface area contributed by atoms with Crippen molar-refractivity contribution < 1.29 is 9.15 Å². The van der Waals surface area contributed by atoms with E-state index in [0.717, 1.165) is 76.5 Å². The van der Waals surface area contributed by atoms with E-state index in [2.05, 4.69) is 20.4 Å². The molecule has 2 saturated heterocycles. The summed E-state index contributed by atoms with van der Waals surface area (Å²) in [6, 6.07) is 5.35. The van der Waals surface area contributed by atoms with Crippen molar-refractivity contribution in [3.05, 3.63) is 24.2 Å². The van der Waals surface area contributed by atoms with E-state index in [1.165, 1.54) is 51.6 Å². The number of morpholine rings is 1. The third-order valence-electron chi connectivity index (χ3n) is 6.96. The SMILES string of the molecule is I.c1coc(CCNC(=NCCCN2CCOCC2)NC2CCN(C3CCCC3)CC2)c1. The van der Waals surface area contributed by atoms with Gasteiger partial charge in [0, 0.05) is 64.3 Å². The van der Waals surface area contributed by atoms with Gasteiger partial charge in [-0.05, 0) is 44.2 Å². The summed E-state index contributed by atoms with van der Waals surface area (Å²) in [5.74, 6) is 1.98. The predicted octanol–water partition coefficient (Wildman–Crippen LogP) is 3.10. The number of hydrogen-bond acceptors (Lipinski definition) is 5. The van der Waals surface area contributed by atoms with E-state index >= 15 is 0 Å². The Morgan fingerprint density at radius 2 is 1.84 bits per heavy atom. The molecular formula is C24H42IN5O2. The first kappa shape index (κ1) is 25.8. The Kier molecular flexibility index (Phi) is 11.6. The van der Waals surface area contributed by atoms with Gasteiger partial charge in [0.2, 0.25) is 0 Å². The van der Waals surface area contributed by atoms with E-state index in [1.54, 1.807) is 6.26 Å². The fraction of sp³-hybridized carbons (Fsp3) is 0.792. The van der Waals surface area contributed by atoms with Gasteiger partial charge in [-0.3, -0.25) is 9.89 Å². The highest BCUT2D eigenvalue weighted by molar-refractivity contribution is 14.0. The highest BCUT2D eigenvalue weighted by Gasteiger charge is 2.27. The van der Waals surface area contributed by atoms with Crippen LogP contribution in [0.1, 0.15) is 50.7 Å². The molecule has 0 radical (unpaired) electrons. The van der Waals surface area contributed by atoms with Gasteiger partial charge in [0.15, 0.2) is 5.96 Å². The molecule has 3 heterocycles. The lowest BCUT2D eigenvalue weighted by Crippen LogP contribution is -2.50. The van der Waals surface area contributed by atoms with Gasteiger partial charge in [0.1, 0.15) is 5.76 Å². The van der Waals surface area contributed by atoms with E-state index in [1.807, 2.05) is 12.1 Å². The summed E-state index contributed by atoms with van der Waals surface area (Å²) >= 11 is 0. The summed E-state index contributed by atoms with van der Waals surface area (Å²) < 4.78 is 10.9. The van der Waals surface area contributed by atoms with Crippen molar-refractivity contribution in [1.29, 1.82) is 0 Å². The molecule has 182 valence electrons. The van der Waals surface area contributed by atoms with Crippen LogP contribution in [0.3, 0.4) is 0 Å². The van der Waals surface area contributed by atoms with Crippen LogP contribution in [0.2, 0.25) is 0 Å². The molecule has 1 aromatic heterocycles. The lowest BCUT2D eigenvalue weighted by atomic mass is 10.0. The highest BCUT2D eigenvalue weighted by atomic mass is 127. The minimum Gasteiger partial charge on any atom is -0.469 e. The number of ether oxygens (including phenoxy) is 1. The zero-order valence-electron chi connectivity index (χ0n) is 19.5. The second-order valence-electron chi connectivity index (χ2n) is 9.19. The number of hydrogen-bond donors (Lipinski definition) is 2. The van der Waals surface area contributed by atoms with E-state index in [0.29, 0.717) is 6.04 Å². The second-order valence-corrected chi connectivity index (χ2v) is 9.19. The number of halogens is 1. The van der Waals surface area contributed by atoms with E-state index in [4.69, 9.17) is 14.1 Å². The van der Waals surface area contributed by atoms with Crippen molar-refractivity contribution in [2.75, 3.05) is 59.0 Å². The van der Waals surface area contributed by atoms with Crippen molar-refractivity contribution in [2.24, 2.45) is 4.99 Å². The van der Waals surface area contributed by atoms with E-state index in [9.17, 15) is 0 Å². The molecule has 32 heavy (non-hydrogen) atoms. The van der Waals surface area contributed by atoms with Crippen LogP contribution in [0.5, 0.6) is 0 Å². The maximum absolute atomic E-state index is 5.47. The van der Waals surface area contributed by atoms with Crippen LogP contribution >= 0.6 is 24.0 Å². The first-order chi connectivity index (χ1) is 15.4. The van der Waals surface area contributed by atoms with Gasteiger partial charge < -0.3 is 24.7 Å². The molecule has 4 rings (SSSR count). The standard InChI is InChI=1S/C24H41N5O2.HI/c1-2-6-22(5-1)29-14-9-21(10-15-29)27-24(26-12-8-23-7-3-18-31-23)25-11-4-13-28-16-19-30-20-17-28;/h3,7,18,21-22H,1-2,4-6,8-17,19-20H2,(H2,25,26,27);1H. The van der Waals surface area contributed by atoms with Gasteiger partial charge >= 0.3 is 0 Å². The molecule has 1 saturated carbocycles. The molecule has 0 unspecified atom stereocenters. The monoisotopic (exact) mass is 559 g/mol. The molecule has 0 aromatic carbocycles. The summed E-state index contributed by atoms with van der Waals surface area (Å²) in [5, 5.41) is 7.28. The van der Waals surface area contributed by atoms with Gasteiger partial charge in [-0.1, -0.05) is 12.8 Å². The molecule has 8 heteroatoms. The summed E-state index contributed by atoms with van der Waals surface area (Å²) in [4.78, 5) is 10.1. The lowest BCUT2D eigenvalue weighted by Gasteiger charge is -2.36. The van der Waals surface area contributed by atoms with Crippen LogP contribution < -0.4 is 10.6 Å². The Morgan fingerprint density at radius 3 is 2.56 bits per heavy atom. The molecule has 7 nitrogen and oxygen atoms in total. The molecule has 3 fully saturated rings. The number of piperidine rings is 1. The van der Waals surface area contributed by atoms with Crippen LogP contribution in [-0.4, -0.2) is 86.9 Å². The fourth-order valence-corrected chi connectivity index (χ4v) is 5.09. The highest BCUT2D eigenvalue weighted by Crippen LogP contribution is 2.26. The van der Waals surface area contributed by atoms with E-state index < -0.39 is 0 Å². The van der Waals surface area contributed by atoms with Crippen LogP contribution in [0.25, 0.3) is 0 Å². The van der Waals surface area contributed by atoms with Crippen molar-refractivity contribution in [3.63, 3.8) is 0 Å². The number of furan rings is 1. The molecule has 1 aromatic rings. The maximum atomic E-state index is 5.47. The number of aliphatic imine (C=N–C) groups is 1. The molecular weight excluding hydrogens is 517 g/mol. The van der Waals surface area contributed by atoms with Gasteiger partial charge in [-0.2, -0.15) is 0 Å². The fourth-order valence-electron chi connectivity index (χ4n) is 5.09. The number of likely N-dealkylation sites (tertiary alicyclic amines) is 1. The number of rotatable bonds is 9. The van der Waals surface area contributed by atoms with E-state index in [-0.39, 0.29) is 24.0 Å².